The van der Waals surface area contributed by atoms with E-state index in [1.165, 1.54) is 32.1 Å². The topological polar surface area (TPSA) is 59.6 Å². The summed E-state index contributed by atoms with van der Waals surface area (Å²) < 4.78 is 4.99. The van der Waals surface area contributed by atoms with Gasteiger partial charge in [-0.25, -0.2) is 5.84 Å². The van der Waals surface area contributed by atoms with Gasteiger partial charge in [-0.15, -0.1) is 0 Å². The summed E-state index contributed by atoms with van der Waals surface area (Å²) in [7, 11) is 1.69. The van der Waals surface area contributed by atoms with Crippen molar-refractivity contribution in [3.63, 3.8) is 0 Å². The number of nitrogens with one attached hydrogen (secondary N) is 1. The van der Waals surface area contributed by atoms with Crippen LogP contribution < -0.4 is 11.3 Å². The smallest absolute Gasteiger partial charge is 0.113 e. The summed E-state index contributed by atoms with van der Waals surface area (Å²) >= 11 is 0. The van der Waals surface area contributed by atoms with Crippen LogP contribution in [0.25, 0.3) is 0 Å². The van der Waals surface area contributed by atoms with Crippen molar-refractivity contribution in [3.8, 4) is 0 Å². The second-order valence-electron chi connectivity index (χ2n) is 3.75. The van der Waals surface area contributed by atoms with E-state index in [0.717, 1.165) is 12.3 Å². The van der Waals surface area contributed by atoms with Gasteiger partial charge in [0.15, 0.2) is 0 Å². The number of methoxy groups -OCH3 is 1. The lowest BCUT2D eigenvalue weighted by Crippen LogP contribution is -2.32. The second kappa shape index (κ2) is 6.79. The Kier molecular flexibility index (Phi) is 5.56. The van der Waals surface area contributed by atoms with Crippen LogP contribution in [-0.2, 0) is 4.74 Å². The third-order valence-electron chi connectivity index (χ3n) is 2.62. The summed E-state index contributed by atoms with van der Waals surface area (Å²) in [6, 6.07) is 0.478. The monoisotopic (exact) mass is 199 g/mol. The molecular weight excluding hydrogens is 178 g/mol. The van der Waals surface area contributed by atoms with E-state index >= 15 is 0 Å². The van der Waals surface area contributed by atoms with Crippen molar-refractivity contribution in [3.05, 3.63) is 0 Å². The Hall–Kier alpha value is -0.610. The summed E-state index contributed by atoms with van der Waals surface area (Å²) in [5, 5.41) is 0. The van der Waals surface area contributed by atoms with Gasteiger partial charge in [0.25, 0.3) is 0 Å². The molecule has 0 heterocycles. The summed E-state index contributed by atoms with van der Waals surface area (Å²) in [5.41, 5.74) is 2.65. The quantitative estimate of drug-likeness (QED) is 0.310. The SMILES string of the molecule is COCCC(=NC1CCCCC1)NN. The molecular formula is C10H21N3O. The number of hydrogen-bond donors (Lipinski definition) is 2. The minimum atomic E-state index is 0.478. The Morgan fingerprint density at radius 3 is 2.71 bits per heavy atom. The highest BCUT2D eigenvalue weighted by molar-refractivity contribution is 5.81. The van der Waals surface area contributed by atoms with Gasteiger partial charge >= 0.3 is 0 Å². The van der Waals surface area contributed by atoms with Gasteiger partial charge in [0.2, 0.25) is 0 Å². The van der Waals surface area contributed by atoms with Crippen LogP contribution in [0, 0.1) is 0 Å². The van der Waals surface area contributed by atoms with Crippen LogP contribution in [0.15, 0.2) is 4.99 Å². The van der Waals surface area contributed by atoms with E-state index < -0.39 is 0 Å². The molecule has 3 N–H and O–H groups in total. The van der Waals surface area contributed by atoms with Crippen LogP contribution in [-0.4, -0.2) is 25.6 Å². The van der Waals surface area contributed by atoms with Crippen LogP contribution >= 0.6 is 0 Å². The number of hydrazine groups is 1. The fourth-order valence-corrected chi connectivity index (χ4v) is 1.80. The third kappa shape index (κ3) is 4.07. The Morgan fingerprint density at radius 1 is 1.43 bits per heavy atom. The maximum atomic E-state index is 5.39. The number of nitrogens with zero attached hydrogens (tertiary/aromatic N) is 1. The van der Waals surface area contributed by atoms with E-state index in [2.05, 4.69) is 10.4 Å². The van der Waals surface area contributed by atoms with Crippen molar-refractivity contribution in [1.82, 2.24) is 5.43 Å². The number of nitrogens with two attached hydrogens (primary N) is 1. The maximum absolute atomic E-state index is 5.39. The minimum Gasteiger partial charge on any atom is -0.384 e. The fourth-order valence-electron chi connectivity index (χ4n) is 1.80. The maximum Gasteiger partial charge on any atom is 0.113 e. The van der Waals surface area contributed by atoms with Crippen molar-refractivity contribution < 1.29 is 4.74 Å². The van der Waals surface area contributed by atoms with Crippen molar-refractivity contribution >= 4 is 5.84 Å². The molecule has 1 aliphatic carbocycles. The van der Waals surface area contributed by atoms with Gasteiger partial charge in [-0.05, 0) is 12.8 Å². The largest absolute Gasteiger partial charge is 0.384 e. The van der Waals surface area contributed by atoms with E-state index in [-0.39, 0.29) is 0 Å². The summed E-state index contributed by atoms with van der Waals surface area (Å²) in [5.74, 6) is 6.27. The number of hydrogen-bond acceptors (Lipinski definition) is 3. The van der Waals surface area contributed by atoms with Gasteiger partial charge in [-0.3, -0.25) is 4.99 Å². The molecule has 0 aromatic heterocycles. The Labute approximate surface area is 85.9 Å². The zero-order chi connectivity index (χ0) is 10.2. The van der Waals surface area contributed by atoms with E-state index in [9.17, 15) is 0 Å². The predicted molar refractivity (Wildman–Crippen MR) is 58.1 cm³/mol. The van der Waals surface area contributed by atoms with Crippen LogP contribution in [0.1, 0.15) is 38.5 Å². The van der Waals surface area contributed by atoms with Gasteiger partial charge in [-0.2, -0.15) is 0 Å². The molecule has 0 aliphatic heterocycles. The molecule has 4 heteroatoms. The van der Waals surface area contributed by atoms with E-state index in [4.69, 9.17) is 10.6 Å². The van der Waals surface area contributed by atoms with Gasteiger partial charge in [0, 0.05) is 13.5 Å². The normalized spacial score (nSPS) is 19.7. The highest BCUT2D eigenvalue weighted by Gasteiger charge is 2.12. The van der Waals surface area contributed by atoms with Gasteiger partial charge in [0.1, 0.15) is 5.84 Å². The van der Waals surface area contributed by atoms with Crippen LogP contribution in [0.4, 0.5) is 0 Å². The Morgan fingerprint density at radius 2 is 2.14 bits per heavy atom. The lowest BCUT2D eigenvalue weighted by Gasteiger charge is -2.19. The molecule has 82 valence electrons. The molecule has 0 spiro atoms. The van der Waals surface area contributed by atoms with E-state index in [0.29, 0.717) is 12.6 Å². The molecule has 4 nitrogen and oxygen atoms in total. The first-order valence-electron chi connectivity index (χ1n) is 5.39. The first kappa shape index (κ1) is 11.5. The highest BCUT2D eigenvalue weighted by atomic mass is 16.5. The molecule has 0 amide bonds. The zero-order valence-electron chi connectivity index (χ0n) is 8.96. The van der Waals surface area contributed by atoms with Gasteiger partial charge in [-0.1, -0.05) is 19.3 Å². The molecule has 0 radical (unpaired) electrons. The number of amidine groups is 1. The van der Waals surface area contributed by atoms with E-state index in [1.807, 2.05) is 0 Å². The molecule has 14 heavy (non-hydrogen) atoms. The average molecular weight is 199 g/mol. The van der Waals surface area contributed by atoms with Crippen molar-refractivity contribution in [2.75, 3.05) is 13.7 Å². The average Bonchev–Trinajstić information content (AvgIpc) is 2.25. The van der Waals surface area contributed by atoms with Gasteiger partial charge in [0.05, 0.1) is 12.6 Å². The molecule has 1 fully saturated rings. The Bertz CT molecular complexity index is 176. The highest BCUT2D eigenvalue weighted by Crippen LogP contribution is 2.20. The molecule has 1 aliphatic rings. The molecule has 0 atom stereocenters. The first-order valence-corrected chi connectivity index (χ1v) is 5.39. The number of aliphatic imine (C=N–C) groups is 1. The van der Waals surface area contributed by atoms with Crippen LogP contribution in [0.2, 0.25) is 0 Å². The van der Waals surface area contributed by atoms with Gasteiger partial charge < -0.3 is 10.2 Å². The van der Waals surface area contributed by atoms with Crippen molar-refractivity contribution in [2.24, 2.45) is 10.8 Å². The lowest BCUT2D eigenvalue weighted by atomic mass is 9.96. The number of ether oxygens (including phenoxy) is 1. The molecule has 0 unspecified atom stereocenters. The molecule has 0 aromatic carbocycles. The molecule has 0 saturated heterocycles. The minimum absolute atomic E-state index is 0.478. The van der Waals surface area contributed by atoms with Crippen LogP contribution in [0.5, 0.6) is 0 Å². The summed E-state index contributed by atoms with van der Waals surface area (Å²) in [6.07, 6.45) is 7.15. The second-order valence-corrected chi connectivity index (χ2v) is 3.75. The standard InChI is InChI=1S/C10H21N3O/c1-14-8-7-10(13-11)12-9-5-3-2-4-6-9/h9H,2-8,11H2,1H3,(H,12,13). The fraction of sp³-hybridized carbons (Fsp3) is 0.900. The molecule has 0 aromatic rings. The number of rotatable bonds is 4. The molecule has 1 rings (SSSR count). The van der Waals surface area contributed by atoms with Crippen molar-refractivity contribution in [2.45, 2.75) is 44.6 Å². The predicted octanol–water partition coefficient (Wildman–Crippen LogP) is 1.22. The molecule has 1 saturated carbocycles. The molecule has 0 bridgehead atoms. The van der Waals surface area contributed by atoms with E-state index in [1.54, 1.807) is 7.11 Å². The zero-order valence-corrected chi connectivity index (χ0v) is 8.96. The Balaban J connectivity index is 2.35. The lowest BCUT2D eigenvalue weighted by molar-refractivity contribution is 0.206. The summed E-state index contributed by atoms with van der Waals surface area (Å²) in [4.78, 5) is 4.59. The summed E-state index contributed by atoms with van der Waals surface area (Å²) in [6.45, 7) is 0.676. The first-order chi connectivity index (χ1) is 6.86. The third-order valence-corrected chi connectivity index (χ3v) is 2.62. The van der Waals surface area contributed by atoms with Crippen molar-refractivity contribution in [1.29, 1.82) is 0 Å². The van der Waals surface area contributed by atoms with Crippen LogP contribution in [0.3, 0.4) is 0 Å².